The highest BCUT2D eigenvalue weighted by Crippen LogP contribution is 2.41. The molecule has 0 aliphatic heterocycles. The molecule has 0 unspecified atom stereocenters. The summed E-state index contributed by atoms with van der Waals surface area (Å²) in [4.78, 5) is 11.5. The van der Waals surface area contributed by atoms with Crippen LogP contribution in [0, 0.1) is 0 Å². The molecule has 2 aromatic rings. The van der Waals surface area contributed by atoms with E-state index in [0.29, 0.717) is 12.0 Å². The first-order valence-electron chi connectivity index (χ1n) is 7.21. The van der Waals surface area contributed by atoms with E-state index >= 15 is 0 Å². The van der Waals surface area contributed by atoms with E-state index < -0.39 is 5.97 Å². The molecule has 1 aliphatic rings. The Bertz CT molecular complexity index is 756. The summed E-state index contributed by atoms with van der Waals surface area (Å²) in [5.41, 5.74) is 3.73. The van der Waals surface area contributed by atoms with Crippen molar-refractivity contribution in [2.75, 3.05) is 7.11 Å². The van der Waals surface area contributed by atoms with Gasteiger partial charge in [0.15, 0.2) is 0 Å². The summed E-state index contributed by atoms with van der Waals surface area (Å²) in [6.07, 6.45) is 2.12. The maximum absolute atomic E-state index is 11.5. The zero-order valence-electron chi connectivity index (χ0n) is 12.3. The largest absolute Gasteiger partial charge is 0.496 e. The van der Waals surface area contributed by atoms with Crippen molar-refractivity contribution in [2.24, 2.45) is 0 Å². The molecule has 21 heavy (non-hydrogen) atoms. The number of methoxy groups -OCH3 is 1. The number of allylic oxidation sites excluding steroid dienone is 1. The molecule has 0 saturated carbocycles. The van der Waals surface area contributed by atoms with Crippen LogP contribution in [0.3, 0.4) is 0 Å². The lowest BCUT2D eigenvalue weighted by atomic mass is 9.82. The Balaban J connectivity index is 2.37. The number of aliphatic carboxylic acids is 1. The minimum absolute atomic E-state index is 0.524. The average Bonchev–Trinajstić information content (AvgIpc) is 2.50. The second-order valence-electron chi connectivity index (χ2n) is 5.27. The van der Waals surface area contributed by atoms with Crippen molar-refractivity contribution in [3.05, 3.63) is 47.0 Å². The van der Waals surface area contributed by atoms with Crippen LogP contribution in [0.5, 0.6) is 5.75 Å². The van der Waals surface area contributed by atoms with Crippen LogP contribution in [0.15, 0.2) is 35.9 Å². The van der Waals surface area contributed by atoms with Gasteiger partial charge < -0.3 is 9.84 Å². The number of carboxylic acids is 1. The van der Waals surface area contributed by atoms with Gasteiger partial charge in [-0.05, 0) is 47.2 Å². The molecule has 3 heteroatoms. The van der Waals surface area contributed by atoms with E-state index in [2.05, 4.69) is 6.07 Å². The molecule has 0 heterocycles. The fraction of sp³-hybridized carbons (Fsp3) is 0.278. The first-order valence-corrected chi connectivity index (χ1v) is 7.21. The molecule has 0 spiro atoms. The molecular formula is C18H18O3. The topological polar surface area (TPSA) is 46.5 Å². The van der Waals surface area contributed by atoms with Crippen molar-refractivity contribution in [3.8, 4) is 5.75 Å². The van der Waals surface area contributed by atoms with Crippen LogP contribution in [0.25, 0.3) is 16.3 Å². The predicted molar refractivity (Wildman–Crippen MR) is 83.7 cm³/mol. The van der Waals surface area contributed by atoms with Crippen molar-refractivity contribution in [3.63, 3.8) is 0 Å². The lowest BCUT2D eigenvalue weighted by Gasteiger charge is -2.23. The van der Waals surface area contributed by atoms with Crippen molar-refractivity contribution in [1.82, 2.24) is 0 Å². The van der Waals surface area contributed by atoms with E-state index in [1.807, 2.05) is 31.2 Å². The van der Waals surface area contributed by atoms with Crippen LogP contribution in [0.2, 0.25) is 0 Å². The van der Waals surface area contributed by atoms with E-state index in [9.17, 15) is 9.90 Å². The lowest BCUT2D eigenvalue weighted by molar-refractivity contribution is -0.132. The first kappa shape index (κ1) is 13.7. The summed E-state index contributed by atoms with van der Waals surface area (Å²) in [5.74, 6) is 0.0817. The standard InChI is InChI=1S/C18H18O3/c1-3-12(18(19)20)13-8-9-15-16(21-2)10-7-11-5-4-6-14(13)17(11)15/h4-7,10H,3,8-9H2,1-2H3,(H,19,20). The number of hydrogen-bond acceptors (Lipinski definition) is 2. The van der Waals surface area contributed by atoms with Gasteiger partial charge in [-0.1, -0.05) is 31.2 Å². The molecule has 0 aromatic heterocycles. The molecule has 0 bridgehead atoms. The van der Waals surface area contributed by atoms with Gasteiger partial charge in [0, 0.05) is 11.1 Å². The molecule has 1 aliphatic carbocycles. The third-order valence-corrected chi connectivity index (χ3v) is 4.26. The van der Waals surface area contributed by atoms with Crippen LogP contribution in [0.4, 0.5) is 0 Å². The predicted octanol–water partition coefficient (Wildman–Crippen LogP) is 4.04. The summed E-state index contributed by atoms with van der Waals surface area (Å²) in [6, 6.07) is 10.1. The van der Waals surface area contributed by atoms with Gasteiger partial charge in [0.05, 0.1) is 7.11 Å². The van der Waals surface area contributed by atoms with Gasteiger partial charge in [0.2, 0.25) is 0 Å². The van der Waals surface area contributed by atoms with Crippen LogP contribution in [0.1, 0.15) is 30.9 Å². The smallest absolute Gasteiger partial charge is 0.331 e. The van der Waals surface area contributed by atoms with Crippen LogP contribution in [-0.4, -0.2) is 18.2 Å². The van der Waals surface area contributed by atoms with E-state index in [-0.39, 0.29) is 0 Å². The third-order valence-electron chi connectivity index (χ3n) is 4.26. The molecule has 3 rings (SSSR count). The van der Waals surface area contributed by atoms with E-state index in [1.165, 1.54) is 5.56 Å². The molecule has 0 saturated heterocycles. The SMILES string of the molecule is CCC(C(=O)O)=C1CCc2c(OC)ccc3cccc1c23. The summed E-state index contributed by atoms with van der Waals surface area (Å²) < 4.78 is 5.47. The molecule has 0 fully saturated rings. The molecule has 3 nitrogen and oxygen atoms in total. The molecule has 2 aromatic carbocycles. The number of aryl methyl sites for hydroxylation is 1. The molecular weight excluding hydrogens is 264 g/mol. The van der Waals surface area contributed by atoms with Gasteiger partial charge in [0.25, 0.3) is 0 Å². The minimum Gasteiger partial charge on any atom is -0.496 e. The van der Waals surface area contributed by atoms with E-state index in [4.69, 9.17) is 4.74 Å². The fourth-order valence-corrected chi connectivity index (χ4v) is 3.32. The van der Waals surface area contributed by atoms with Gasteiger partial charge in [-0.3, -0.25) is 0 Å². The molecule has 108 valence electrons. The number of carbonyl (C=O) groups is 1. The highest BCUT2D eigenvalue weighted by molar-refractivity contribution is 6.05. The number of hydrogen-bond donors (Lipinski definition) is 1. The van der Waals surface area contributed by atoms with E-state index in [0.717, 1.165) is 40.5 Å². The van der Waals surface area contributed by atoms with E-state index in [1.54, 1.807) is 7.11 Å². The van der Waals surface area contributed by atoms with Gasteiger partial charge in [-0.15, -0.1) is 0 Å². The average molecular weight is 282 g/mol. The van der Waals surface area contributed by atoms with Gasteiger partial charge >= 0.3 is 5.97 Å². The normalized spacial score (nSPS) is 15.9. The van der Waals surface area contributed by atoms with Crippen LogP contribution >= 0.6 is 0 Å². The fourth-order valence-electron chi connectivity index (χ4n) is 3.32. The van der Waals surface area contributed by atoms with Gasteiger partial charge in [-0.25, -0.2) is 4.79 Å². The number of benzene rings is 2. The first-order chi connectivity index (χ1) is 10.2. The minimum atomic E-state index is -0.809. The van der Waals surface area contributed by atoms with Gasteiger partial charge in [-0.2, -0.15) is 0 Å². The van der Waals surface area contributed by atoms with Crippen LogP contribution < -0.4 is 4.74 Å². The Hall–Kier alpha value is -2.29. The second-order valence-corrected chi connectivity index (χ2v) is 5.27. The maximum atomic E-state index is 11.5. The highest BCUT2D eigenvalue weighted by Gasteiger charge is 2.23. The Labute approximate surface area is 123 Å². The summed E-state index contributed by atoms with van der Waals surface area (Å²) >= 11 is 0. The maximum Gasteiger partial charge on any atom is 0.331 e. The highest BCUT2D eigenvalue weighted by atomic mass is 16.5. The van der Waals surface area contributed by atoms with Crippen molar-refractivity contribution >= 4 is 22.3 Å². The summed E-state index contributed by atoms with van der Waals surface area (Å²) in [6.45, 7) is 1.90. The molecule has 0 amide bonds. The number of rotatable bonds is 3. The molecule has 1 N–H and O–H groups in total. The monoisotopic (exact) mass is 282 g/mol. The van der Waals surface area contributed by atoms with Crippen molar-refractivity contribution < 1.29 is 14.6 Å². The Morgan fingerprint density at radius 3 is 2.71 bits per heavy atom. The van der Waals surface area contributed by atoms with Crippen molar-refractivity contribution in [2.45, 2.75) is 26.2 Å². The van der Waals surface area contributed by atoms with Crippen molar-refractivity contribution in [1.29, 1.82) is 0 Å². The lowest BCUT2D eigenvalue weighted by Crippen LogP contribution is -2.09. The number of ether oxygens (including phenoxy) is 1. The molecule has 0 radical (unpaired) electrons. The summed E-state index contributed by atoms with van der Waals surface area (Å²) in [5, 5.41) is 11.7. The summed E-state index contributed by atoms with van der Waals surface area (Å²) in [7, 11) is 1.68. The quantitative estimate of drug-likeness (QED) is 0.864. The number of carboxylic acid groups (broad SMARTS) is 1. The van der Waals surface area contributed by atoms with Crippen LogP contribution in [-0.2, 0) is 11.2 Å². The zero-order valence-corrected chi connectivity index (χ0v) is 12.3. The Kier molecular flexibility index (Phi) is 3.42. The Morgan fingerprint density at radius 1 is 1.24 bits per heavy atom. The van der Waals surface area contributed by atoms with Gasteiger partial charge in [0.1, 0.15) is 5.75 Å². The zero-order chi connectivity index (χ0) is 15.0. The Morgan fingerprint density at radius 2 is 2.05 bits per heavy atom. The molecule has 0 atom stereocenters. The third kappa shape index (κ3) is 2.09. The second kappa shape index (κ2) is 5.24.